The highest BCUT2D eigenvalue weighted by molar-refractivity contribution is 5.58. The zero-order valence-electron chi connectivity index (χ0n) is 12.4. The molecule has 108 valence electrons. The van der Waals surface area contributed by atoms with Gasteiger partial charge < -0.3 is 5.32 Å². The Labute approximate surface area is 125 Å². The summed E-state index contributed by atoms with van der Waals surface area (Å²) in [7, 11) is 0. The Morgan fingerprint density at radius 2 is 2.19 bits per heavy atom. The molecule has 3 rings (SSSR count). The molecule has 0 aliphatic carbocycles. The molecule has 2 aromatic rings. The maximum Gasteiger partial charge on any atom is 0.133 e. The van der Waals surface area contributed by atoms with Gasteiger partial charge in [0.1, 0.15) is 11.9 Å². The van der Waals surface area contributed by atoms with Crippen LogP contribution < -0.4 is 5.32 Å². The maximum absolute atomic E-state index is 9.34. The van der Waals surface area contributed by atoms with Crippen LogP contribution in [0.5, 0.6) is 0 Å². The number of hydrogen-bond acceptors (Lipinski definition) is 3. The van der Waals surface area contributed by atoms with E-state index in [1.165, 1.54) is 24.1 Å². The van der Waals surface area contributed by atoms with Gasteiger partial charge in [-0.25, -0.2) is 4.68 Å². The molecule has 0 fully saturated rings. The van der Waals surface area contributed by atoms with E-state index in [9.17, 15) is 5.26 Å². The van der Waals surface area contributed by atoms with Crippen molar-refractivity contribution in [3.63, 3.8) is 0 Å². The number of aryl methyl sites for hydroxylation is 1. The summed E-state index contributed by atoms with van der Waals surface area (Å²) in [6.07, 6.45) is 5.53. The first kappa shape index (κ1) is 13.7. The summed E-state index contributed by atoms with van der Waals surface area (Å²) >= 11 is 0. The predicted molar refractivity (Wildman–Crippen MR) is 83.7 cm³/mol. The number of anilines is 1. The fourth-order valence-electron chi connectivity index (χ4n) is 2.94. The zero-order valence-corrected chi connectivity index (χ0v) is 12.4. The van der Waals surface area contributed by atoms with Crippen LogP contribution in [0.15, 0.2) is 24.3 Å². The summed E-state index contributed by atoms with van der Waals surface area (Å²) in [5.41, 5.74) is 4.04. The Morgan fingerprint density at radius 3 is 3.00 bits per heavy atom. The Balaban J connectivity index is 2.16. The largest absolute Gasteiger partial charge is 0.370 e. The predicted octanol–water partition coefficient (Wildman–Crippen LogP) is 3.44. The third kappa shape index (κ3) is 2.52. The summed E-state index contributed by atoms with van der Waals surface area (Å²) in [6, 6.07) is 9.93. The van der Waals surface area contributed by atoms with E-state index >= 15 is 0 Å². The first-order valence-electron chi connectivity index (χ1n) is 7.69. The molecule has 0 spiro atoms. The number of aromatic nitrogens is 2. The molecule has 2 heterocycles. The van der Waals surface area contributed by atoms with Gasteiger partial charge >= 0.3 is 0 Å². The van der Waals surface area contributed by atoms with Crippen LogP contribution in [0, 0.1) is 11.3 Å². The lowest BCUT2D eigenvalue weighted by atomic mass is 10.1. The second-order valence-electron chi connectivity index (χ2n) is 5.45. The third-order valence-corrected chi connectivity index (χ3v) is 3.95. The van der Waals surface area contributed by atoms with Crippen molar-refractivity contribution in [2.75, 3.05) is 11.9 Å². The van der Waals surface area contributed by atoms with Gasteiger partial charge in [0, 0.05) is 12.1 Å². The van der Waals surface area contributed by atoms with Crippen molar-refractivity contribution < 1.29 is 0 Å². The van der Waals surface area contributed by atoms with Crippen molar-refractivity contribution in [2.45, 2.75) is 39.0 Å². The maximum atomic E-state index is 9.34. The van der Waals surface area contributed by atoms with Gasteiger partial charge in [-0.1, -0.05) is 25.5 Å². The van der Waals surface area contributed by atoms with Gasteiger partial charge in [0.15, 0.2) is 0 Å². The number of rotatable bonds is 3. The number of nitriles is 1. The lowest BCUT2D eigenvalue weighted by molar-refractivity contribution is 0.753. The first-order chi connectivity index (χ1) is 10.3. The van der Waals surface area contributed by atoms with E-state index in [1.54, 1.807) is 0 Å². The average Bonchev–Trinajstić information content (AvgIpc) is 2.71. The van der Waals surface area contributed by atoms with Crippen LogP contribution in [-0.4, -0.2) is 16.3 Å². The number of hydrogen-bond donors (Lipinski definition) is 1. The van der Waals surface area contributed by atoms with E-state index in [1.807, 2.05) is 28.9 Å². The SMILES string of the molecule is CCCc1nn(-c2ccccc2C#N)c2c1CCCCN2. The smallest absolute Gasteiger partial charge is 0.133 e. The van der Waals surface area contributed by atoms with Crippen LogP contribution in [-0.2, 0) is 12.8 Å². The van der Waals surface area contributed by atoms with Gasteiger partial charge in [-0.3, -0.25) is 0 Å². The lowest BCUT2D eigenvalue weighted by Gasteiger charge is -2.10. The van der Waals surface area contributed by atoms with Gasteiger partial charge in [0.25, 0.3) is 0 Å². The summed E-state index contributed by atoms with van der Waals surface area (Å²) in [5, 5.41) is 17.7. The van der Waals surface area contributed by atoms with Crippen LogP contribution in [0.4, 0.5) is 5.82 Å². The van der Waals surface area contributed by atoms with Gasteiger partial charge in [0.05, 0.1) is 16.9 Å². The summed E-state index contributed by atoms with van der Waals surface area (Å²) in [5.74, 6) is 1.08. The van der Waals surface area contributed by atoms with Crippen LogP contribution in [0.1, 0.15) is 43.0 Å². The average molecular weight is 280 g/mol. The molecule has 0 unspecified atom stereocenters. The highest BCUT2D eigenvalue weighted by atomic mass is 15.3. The molecule has 0 radical (unpaired) electrons. The van der Waals surface area contributed by atoms with E-state index in [0.717, 1.165) is 37.3 Å². The molecule has 0 saturated carbocycles. The minimum atomic E-state index is 0.664. The standard InChI is InChI=1S/C17H20N4/c1-2-7-15-14-9-5-6-11-19-17(14)21(20-15)16-10-4-3-8-13(16)12-18/h3-4,8,10,19H,2,5-7,9,11H2,1H3. The number of benzene rings is 1. The van der Waals surface area contributed by atoms with E-state index in [-0.39, 0.29) is 0 Å². The topological polar surface area (TPSA) is 53.6 Å². The Bertz CT molecular complexity index is 679. The normalized spacial score (nSPS) is 13.9. The molecule has 1 aliphatic heterocycles. The van der Waals surface area contributed by atoms with Crippen molar-refractivity contribution in [3.8, 4) is 11.8 Å². The summed E-state index contributed by atoms with van der Waals surface area (Å²) in [4.78, 5) is 0. The van der Waals surface area contributed by atoms with E-state index < -0.39 is 0 Å². The molecule has 1 N–H and O–H groups in total. The van der Waals surface area contributed by atoms with E-state index in [0.29, 0.717) is 5.56 Å². The van der Waals surface area contributed by atoms with E-state index in [2.05, 4.69) is 18.3 Å². The molecule has 0 bridgehead atoms. The number of nitrogens with one attached hydrogen (secondary N) is 1. The second-order valence-corrected chi connectivity index (χ2v) is 5.45. The van der Waals surface area contributed by atoms with Gasteiger partial charge in [-0.05, 0) is 37.8 Å². The highest BCUT2D eigenvalue weighted by Gasteiger charge is 2.21. The number of para-hydroxylation sites is 1. The Kier molecular flexibility index (Phi) is 3.92. The molecule has 4 nitrogen and oxygen atoms in total. The van der Waals surface area contributed by atoms with Crippen LogP contribution in [0.3, 0.4) is 0 Å². The molecule has 0 saturated heterocycles. The Morgan fingerprint density at radius 1 is 1.33 bits per heavy atom. The minimum Gasteiger partial charge on any atom is -0.370 e. The molecule has 0 amide bonds. The Hall–Kier alpha value is -2.28. The van der Waals surface area contributed by atoms with Gasteiger partial charge in [-0.15, -0.1) is 0 Å². The van der Waals surface area contributed by atoms with Crippen LogP contribution in [0.2, 0.25) is 0 Å². The molecule has 0 atom stereocenters. The molecule has 1 aliphatic rings. The molecule has 1 aromatic carbocycles. The fraction of sp³-hybridized carbons (Fsp3) is 0.412. The summed E-state index contributed by atoms with van der Waals surface area (Å²) in [6.45, 7) is 3.15. The molecular weight excluding hydrogens is 260 g/mol. The molecule has 4 heteroatoms. The summed E-state index contributed by atoms with van der Waals surface area (Å²) < 4.78 is 1.93. The molecular formula is C17H20N4. The van der Waals surface area contributed by atoms with Crippen molar-refractivity contribution in [1.82, 2.24) is 9.78 Å². The van der Waals surface area contributed by atoms with Gasteiger partial charge in [-0.2, -0.15) is 10.4 Å². The van der Waals surface area contributed by atoms with Crippen molar-refractivity contribution in [2.24, 2.45) is 0 Å². The first-order valence-corrected chi connectivity index (χ1v) is 7.69. The van der Waals surface area contributed by atoms with Crippen LogP contribution in [0.25, 0.3) is 5.69 Å². The third-order valence-electron chi connectivity index (χ3n) is 3.95. The number of fused-ring (bicyclic) bond motifs is 1. The van der Waals surface area contributed by atoms with Crippen molar-refractivity contribution in [1.29, 1.82) is 5.26 Å². The van der Waals surface area contributed by atoms with Gasteiger partial charge in [0.2, 0.25) is 0 Å². The minimum absolute atomic E-state index is 0.664. The highest BCUT2D eigenvalue weighted by Crippen LogP contribution is 2.29. The number of nitrogens with zero attached hydrogens (tertiary/aromatic N) is 3. The zero-order chi connectivity index (χ0) is 14.7. The fourth-order valence-corrected chi connectivity index (χ4v) is 2.94. The van der Waals surface area contributed by atoms with E-state index in [4.69, 9.17) is 5.10 Å². The lowest BCUT2D eigenvalue weighted by Crippen LogP contribution is -2.08. The quantitative estimate of drug-likeness (QED) is 0.937. The van der Waals surface area contributed by atoms with Crippen LogP contribution >= 0.6 is 0 Å². The molecule has 21 heavy (non-hydrogen) atoms. The monoisotopic (exact) mass is 280 g/mol. The van der Waals surface area contributed by atoms with Crippen molar-refractivity contribution >= 4 is 5.82 Å². The van der Waals surface area contributed by atoms with Crippen molar-refractivity contribution in [3.05, 3.63) is 41.1 Å². The second kappa shape index (κ2) is 6.01. The molecule has 1 aromatic heterocycles.